The van der Waals surface area contributed by atoms with Gasteiger partial charge in [-0.2, -0.15) is 0 Å². The van der Waals surface area contributed by atoms with Gasteiger partial charge in [-0.15, -0.1) is 0 Å². The maximum absolute atomic E-state index is 14.5. The molecule has 0 spiro atoms. The normalized spacial score (nSPS) is 14.8. The average molecular weight is 393 g/mol. The van der Waals surface area contributed by atoms with Gasteiger partial charge >= 0.3 is 0 Å². The standard InChI is InChI=1S/C17H16FN3O5S/c18-14-11-15(21(23)24)13(17(22)20-8-6-19-7-9-20)10-16(14)27(25,26)12-4-2-1-3-5-12/h1-5,10-11,19H,6-9H2. The van der Waals surface area contributed by atoms with Crippen LogP contribution in [0.4, 0.5) is 10.1 Å². The van der Waals surface area contributed by atoms with Crippen molar-refractivity contribution < 1.29 is 22.5 Å². The highest BCUT2D eigenvalue weighted by molar-refractivity contribution is 7.91. The predicted octanol–water partition coefficient (Wildman–Crippen LogP) is 1.61. The lowest BCUT2D eigenvalue weighted by atomic mass is 10.1. The quantitative estimate of drug-likeness (QED) is 0.624. The third kappa shape index (κ3) is 3.67. The fourth-order valence-electron chi connectivity index (χ4n) is 2.84. The highest BCUT2D eigenvalue weighted by Gasteiger charge is 2.32. The van der Waals surface area contributed by atoms with Crippen LogP contribution in [0.2, 0.25) is 0 Å². The van der Waals surface area contributed by atoms with E-state index < -0.39 is 42.6 Å². The number of hydrogen-bond acceptors (Lipinski definition) is 6. The summed E-state index contributed by atoms with van der Waals surface area (Å²) in [6, 6.07) is 8.38. The molecular weight excluding hydrogens is 377 g/mol. The Morgan fingerprint density at radius 2 is 1.78 bits per heavy atom. The van der Waals surface area contributed by atoms with Crippen LogP contribution in [-0.2, 0) is 9.84 Å². The van der Waals surface area contributed by atoms with E-state index in [1.165, 1.54) is 29.2 Å². The van der Waals surface area contributed by atoms with Gasteiger partial charge in [-0.1, -0.05) is 18.2 Å². The molecule has 8 nitrogen and oxygen atoms in total. The molecule has 1 aliphatic rings. The zero-order valence-corrected chi connectivity index (χ0v) is 14.9. The minimum absolute atomic E-state index is 0.168. The van der Waals surface area contributed by atoms with Crippen LogP contribution in [0.1, 0.15) is 10.4 Å². The molecule has 2 aromatic rings. The second-order valence-corrected chi connectivity index (χ2v) is 7.83. The molecule has 1 heterocycles. The molecule has 0 saturated carbocycles. The monoisotopic (exact) mass is 393 g/mol. The van der Waals surface area contributed by atoms with Gasteiger partial charge < -0.3 is 10.2 Å². The van der Waals surface area contributed by atoms with Gasteiger partial charge in [-0.3, -0.25) is 14.9 Å². The van der Waals surface area contributed by atoms with Crippen LogP contribution >= 0.6 is 0 Å². The van der Waals surface area contributed by atoms with E-state index in [-0.39, 0.29) is 4.90 Å². The van der Waals surface area contributed by atoms with Crippen molar-refractivity contribution in [3.05, 3.63) is 64.0 Å². The highest BCUT2D eigenvalue weighted by atomic mass is 32.2. The second-order valence-electron chi connectivity index (χ2n) is 5.92. The third-order valence-electron chi connectivity index (χ3n) is 4.22. The van der Waals surface area contributed by atoms with E-state index in [0.717, 1.165) is 6.07 Å². The van der Waals surface area contributed by atoms with Crippen molar-refractivity contribution in [2.24, 2.45) is 0 Å². The van der Waals surface area contributed by atoms with Crippen molar-refractivity contribution in [2.45, 2.75) is 9.79 Å². The largest absolute Gasteiger partial charge is 0.336 e. The van der Waals surface area contributed by atoms with Gasteiger partial charge in [0.1, 0.15) is 16.3 Å². The number of piperazine rings is 1. The molecule has 0 atom stereocenters. The fourth-order valence-corrected chi connectivity index (χ4v) is 4.19. The number of sulfone groups is 1. The maximum atomic E-state index is 14.5. The lowest BCUT2D eigenvalue weighted by Crippen LogP contribution is -2.46. The van der Waals surface area contributed by atoms with Crippen LogP contribution in [-0.4, -0.2) is 50.3 Å². The Morgan fingerprint density at radius 3 is 2.37 bits per heavy atom. The van der Waals surface area contributed by atoms with Crippen molar-refractivity contribution in [3.8, 4) is 0 Å². The molecular formula is C17H16FN3O5S. The first-order chi connectivity index (χ1) is 12.8. The first-order valence-electron chi connectivity index (χ1n) is 8.10. The van der Waals surface area contributed by atoms with E-state index in [1.54, 1.807) is 6.07 Å². The summed E-state index contributed by atoms with van der Waals surface area (Å²) >= 11 is 0. The fraction of sp³-hybridized carbons (Fsp3) is 0.235. The number of carbonyl (C=O) groups excluding carboxylic acids is 1. The van der Waals surface area contributed by atoms with E-state index in [1.807, 2.05) is 0 Å². The summed E-state index contributed by atoms with van der Waals surface area (Å²) in [7, 11) is -4.28. The summed E-state index contributed by atoms with van der Waals surface area (Å²) in [5, 5.41) is 14.3. The van der Waals surface area contributed by atoms with Gasteiger partial charge in [-0.05, 0) is 18.2 Å². The molecule has 27 heavy (non-hydrogen) atoms. The zero-order chi connectivity index (χ0) is 19.6. The number of halogens is 1. The Balaban J connectivity index is 2.14. The first-order valence-corrected chi connectivity index (χ1v) is 9.59. The van der Waals surface area contributed by atoms with Crippen LogP contribution in [0.25, 0.3) is 0 Å². The Kier molecular flexibility index (Phi) is 5.19. The second kappa shape index (κ2) is 7.41. The zero-order valence-electron chi connectivity index (χ0n) is 14.1. The molecule has 0 radical (unpaired) electrons. The summed E-state index contributed by atoms with van der Waals surface area (Å²) < 4.78 is 39.9. The summed E-state index contributed by atoms with van der Waals surface area (Å²) in [5.41, 5.74) is -1.21. The van der Waals surface area contributed by atoms with Crippen molar-refractivity contribution in [1.82, 2.24) is 10.2 Å². The molecule has 2 aromatic carbocycles. The lowest BCUT2D eigenvalue weighted by Gasteiger charge is -2.27. The Labute approximate surface area is 154 Å². The Hall–Kier alpha value is -2.85. The first kappa shape index (κ1) is 18.9. The smallest absolute Gasteiger partial charge is 0.285 e. The number of benzene rings is 2. The van der Waals surface area contributed by atoms with Crippen molar-refractivity contribution in [2.75, 3.05) is 26.2 Å². The number of nitro benzene ring substituents is 1. The molecule has 0 bridgehead atoms. The van der Waals surface area contributed by atoms with Gasteiger partial charge in [0.05, 0.1) is 15.9 Å². The molecule has 1 amide bonds. The molecule has 3 rings (SSSR count). The predicted molar refractivity (Wildman–Crippen MR) is 93.7 cm³/mol. The van der Waals surface area contributed by atoms with Crippen LogP contribution < -0.4 is 5.32 Å². The number of rotatable bonds is 4. The van der Waals surface area contributed by atoms with Crippen LogP contribution in [0.5, 0.6) is 0 Å². The van der Waals surface area contributed by atoms with Crippen molar-refractivity contribution in [1.29, 1.82) is 0 Å². The van der Waals surface area contributed by atoms with Crippen LogP contribution in [0, 0.1) is 15.9 Å². The van der Waals surface area contributed by atoms with Gasteiger partial charge in [0.2, 0.25) is 9.84 Å². The van der Waals surface area contributed by atoms with Crippen molar-refractivity contribution in [3.63, 3.8) is 0 Å². The molecule has 0 aliphatic carbocycles. The van der Waals surface area contributed by atoms with E-state index in [0.29, 0.717) is 32.2 Å². The number of nitrogens with zero attached hydrogens (tertiary/aromatic N) is 2. The van der Waals surface area contributed by atoms with E-state index >= 15 is 0 Å². The Bertz CT molecular complexity index is 989. The summed E-state index contributed by atoms with van der Waals surface area (Å²) in [5.74, 6) is -1.98. The minimum Gasteiger partial charge on any atom is -0.336 e. The molecule has 0 unspecified atom stereocenters. The molecule has 142 valence electrons. The SMILES string of the molecule is O=C(c1cc(S(=O)(=O)c2ccccc2)c(F)cc1[N+](=O)[O-])N1CCNCC1. The molecule has 1 saturated heterocycles. The highest BCUT2D eigenvalue weighted by Crippen LogP contribution is 2.30. The van der Waals surface area contributed by atoms with Crippen LogP contribution in [0.3, 0.4) is 0 Å². The van der Waals surface area contributed by atoms with Gasteiger partial charge in [0.15, 0.2) is 0 Å². The van der Waals surface area contributed by atoms with Gasteiger partial charge in [0.25, 0.3) is 11.6 Å². The minimum atomic E-state index is -4.28. The molecule has 1 aliphatic heterocycles. The average Bonchev–Trinajstić information content (AvgIpc) is 2.68. The summed E-state index contributed by atoms with van der Waals surface area (Å²) in [6.45, 7) is 1.65. The van der Waals surface area contributed by atoms with Crippen LogP contribution in [0.15, 0.2) is 52.3 Å². The number of nitrogens with one attached hydrogen (secondary N) is 1. The summed E-state index contributed by atoms with van der Waals surface area (Å²) in [4.78, 5) is 23.6. The number of amides is 1. The number of nitro groups is 1. The molecule has 1 N–H and O–H groups in total. The molecule has 1 fully saturated rings. The molecule has 0 aromatic heterocycles. The number of carbonyl (C=O) groups is 1. The topological polar surface area (TPSA) is 110 Å². The van der Waals surface area contributed by atoms with Gasteiger partial charge in [-0.25, -0.2) is 12.8 Å². The summed E-state index contributed by atoms with van der Waals surface area (Å²) in [6.07, 6.45) is 0. The van der Waals surface area contributed by atoms with E-state index in [4.69, 9.17) is 0 Å². The van der Waals surface area contributed by atoms with E-state index in [2.05, 4.69) is 5.32 Å². The number of hydrogen-bond donors (Lipinski definition) is 1. The van der Waals surface area contributed by atoms with Gasteiger partial charge in [0, 0.05) is 26.2 Å². The van der Waals surface area contributed by atoms with Crippen molar-refractivity contribution >= 4 is 21.4 Å². The molecule has 10 heteroatoms. The lowest BCUT2D eigenvalue weighted by molar-refractivity contribution is -0.385. The third-order valence-corrected chi connectivity index (χ3v) is 6.01. The van der Waals surface area contributed by atoms with E-state index in [9.17, 15) is 27.7 Å². The maximum Gasteiger partial charge on any atom is 0.285 e. The Morgan fingerprint density at radius 1 is 1.15 bits per heavy atom.